The average molecular weight is 447 g/mol. The SMILES string of the molecule is N#C/C(=C\c1cn(CC(=O)O)c2ccccc12)C(=O)Nc1cccc2c1C(=O)c1ccccc1-2. The summed E-state index contributed by atoms with van der Waals surface area (Å²) in [6.07, 6.45) is 3.03. The van der Waals surface area contributed by atoms with Crippen molar-refractivity contribution in [3.8, 4) is 17.2 Å². The largest absolute Gasteiger partial charge is 0.480 e. The first-order valence-corrected chi connectivity index (χ1v) is 10.5. The second kappa shape index (κ2) is 8.19. The van der Waals surface area contributed by atoms with Crippen LogP contribution in [0, 0.1) is 11.3 Å². The highest BCUT2D eigenvalue weighted by Gasteiger charge is 2.29. The summed E-state index contributed by atoms with van der Waals surface area (Å²) in [5.74, 6) is -1.84. The molecule has 1 aliphatic carbocycles. The number of carbonyl (C=O) groups is 3. The van der Waals surface area contributed by atoms with Crippen LogP contribution in [0.25, 0.3) is 28.1 Å². The molecule has 0 fully saturated rings. The summed E-state index contributed by atoms with van der Waals surface area (Å²) in [5.41, 5.74) is 3.90. The number of aromatic nitrogens is 1. The Hall–Kier alpha value is -4.96. The van der Waals surface area contributed by atoms with Crippen molar-refractivity contribution in [2.45, 2.75) is 6.54 Å². The molecule has 4 aromatic rings. The molecule has 0 radical (unpaired) electrons. The van der Waals surface area contributed by atoms with Crippen LogP contribution in [-0.2, 0) is 16.1 Å². The number of fused-ring (bicyclic) bond motifs is 4. The number of anilines is 1. The molecule has 0 saturated heterocycles. The van der Waals surface area contributed by atoms with Crippen molar-refractivity contribution < 1.29 is 19.5 Å². The zero-order valence-electron chi connectivity index (χ0n) is 17.8. The number of nitrogens with one attached hydrogen (secondary N) is 1. The molecular weight excluding hydrogens is 430 g/mol. The van der Waals surface area contributed by atoms with Crippen LogP contribution in [0.4, 0.5) is 5.69 Å². The Balaban J connectivity index is 1.51. The van der Waals surface area contributed by atoms with Crippen LogP contribution in [0.15, 0.2) is 78.5 Å². The zero-order chi connectivity index (χ0) is 23.8. The molecule has 5 rings (SSSR count). The van der Waals surface area contributed by atoms with Gasteiger partial charge in [-0.15, -0.1) is 0 Å². The molecule has 0 spiro atoms. The maximum atomic E-state index is 13.0. The van der Waals surface area contributed by atoms with Crippen LogP contribution in [0.2, 0.25) is 0 Å². The van der Waals surface area contributed by atoms with Crippen molar-refractivity contribution in [1.82, 2.24) is 4.57 Å². The summed E-state index contributed by atoms with van der Waals surface area (Å²) in [4.78, 5) is 37.2. The Bertz CT molecular complexity index is 1590. The van der Waals surface area contributed by atoms with E-state index < -0.39 is 11.9 Å². The summed E-state index contributed by atoms with van der Waals surface area (Å²) in [6.45, 7) is -0.249. The summed E-state index contributed by atoms with van der Waals surface area (Å²) in [7, 11) is 0. The van der Waals surface area contributed by atoms with Gasteiger partial charge in [-0.3, -0.25) is 14.4 Å². The molecule has 1 heterocycles. The van der Waals surface area contributed by atoms with Gasteiger partial charge < -0.3 is 15.0 Å². The topological polar surface area (TPSA) is 112 Å². The van der Waals surface area contributed by atoms with Crippen LogP contribution in [0.5, 0.6) is 0 Å². The van der Waals surface area contributed by atoms with Crippen molar-refractivity contribution in [2.24, 2.45) is 0 Å². The number of nitriles is 1. The van der Waals surface area contributed by atoms with Gasteiger partial charge in [-0.1, -0.05) is 54.6 Å². The molecule has 1 amide bonds. The molecule has 7 heteroatoms. The number of carboxylic acid groups (broad SMARTS) is 1. The Morgan fingerprint density at radius 1 is 0.971 bits per heavy atom. The fourth-order valence-corrected chi connectivity index (χ4v) is 4.34. The quantitative estimate of drug-likeness (QED) is 0.305. The van der Waals surface area contributed by atoms with Crippen LogP contribution < -0.4 is 5.32 Å². The van der Waals surface area contributed by atoms with Gasteiger partial charge in [-0.2, -0.15) is 5.26 Å². The molecule has 3 aromatic carbocycles. The number of amides is 1. The number of carbonyl (C=O) groups excluding carboxylic acids is 2. The second-order valence-electron chi connectivity index (χ2n) is 7.85. The van der Waals surface area contributed by atoms with Gasteiger partial charge in [0.1, 0.15) is 18.2 Å². The Kier molecular flexibility index (Phi) is 5.04. The highest BCUT2D eigenvalue weighted by atomic mass is 16.4. The van der Waals surface area contributed by atoms with Gasteiger partial charge in [-0.25, -0.2) is 0 Å². The number of nitrogens with zero attached hydrogens (tertiary/aromatic N) is 2. The van der Waals surface area contributed by atoms with E-state index in [0.29, 0.717) is 27.9 Å². The number of hydrogen-bond acceptors (Lipinski definition) is 4. The van der Waals surface area contributed by atoms with Crippen LogP contribution in [-0.4, -0.2) is 27.3 Å². The number of para-hydroxylation sites is 1. The second-order valence-corrected chi connectivity index (χ2v) is 7.85. The van der Waals surface area contributed by atoms with Gasteiger partial charge in [0.25, 0.3) is 5.91 Å². The molecule has 0 unspecified atom stereocenters. The number of aliphatic carboxylic acids is 1. The molecular formula is C27H17N3O4. The van der Waals surface area contributed by atoms with Gasteiger partial charge in [0, 0.05) is 28.2 Å². The Morgan fingerprint density at radius 3 is 2.44 bits per heavy atom. The maximum Gasteiger partial charge on any atom is 0.323 e. The van der Waals surface area contributed by atoms with E-state index in [4.69, 9.17) is 0 Å². The number of carboxylic acids is 1. The smallest absolute Gasteiger partial charge is 0.323 e. The van der Waals surface area contributed by atoms with Crippen LogP contribution in [0.1, 0.15) is 21.5 Å². The standard InChI is InChI=1S/C27H17N3O4/c28-13-16(12-17-14-30(15-24(31)32)23-11-4-3-6-18(17)23)27(34)29-22-10-5-9-20-19-7-1-2-8-21(19)26(33)25(20)22/h1-12,14H,15H2,(H,29,34)(H,31,32)/b16-12+. The Labute approximate surface area is 194 Å². The normalized spacial score (nSPS) is 12.2. The van der Waals surface area contributed by atoms with E-state index in [1.54, 1.807) is 59.3 Å². The van der Waals surface area contributed by atoms with Crippen molar-refractivity contribution in [1.29, 1.82) is 5.26 Å². The minimum Gasteiger partial charge on any atom is -0.480 e. The number of hydrogen-bond donors (Lipinski definition) is 2. The molecule has 2 N–H and O–H groups in total. The number of rotatable bonds is 5. The third kappa shape index (κ3) is 3.44. The van der Waals surface area contributed by atoms with E-state index in [9.17, 15) is 24.8 Å². The highest BCUT2D eigenvalue weighted by molar-refractivity contribution is 6.26. The first-order chi connectivity index (χ1) is 16.5. The van der Waals surface area contributed by atoms with E-state index in [1.165, 1.54) is 6.08 Å². The first-order valence-electron chi connectivity index (χ1n) is 10.5. The van der Waals surface area contributed by atoms with E-state index in [0.717, 1.165) is 16.5 Å². The van der Waals surface area contributed by atoms with Gasteiger partial charge in [-0.05, 0) is 29.3 Å². The molecule has 1 aromatic heterocycles. The zero-order valence-corrected chi connectivity index (χ0v) is 17.8. The lowest BCUT2D eigenvalue weighted by Crippen LogP contribution is -2.15. The molecule has 0 aliphatic heterocycles. The fraction of sp³-hybridized carbons (Fsp3) is 0.0370. The summed E-state index contributed by atoms with van der Waals surface area (Å²) in [6, 6.07) is 21.5. The Morgan fingerprint density at radius 2 is 1.68 bits per heavy atom. The van der Waals surface area contributed by atoms with Gasteiger partial charge in [0.05, 0.1) is 11.3 Å². The van der Waals surface area contributed by atoms with Crippen LogP contribution >= 0.6 is 0 Å². The molecule has 1 aliphatic rings. The lowest BCUT2D eigenvalue weighted by atomic mass is 10.0. The minimum atomic E-state index is -1.00. The third-order valence-corrected chi connectivity index (χ3v) is 5.79. The molecule has 0 saturated carbocycles. The number of benzene rings is 3. The van der Waals surface area contributed by atoms with E-state index in [1.807, 2.05) is 24.3 Å². The number of ketones is 1. The summed E-state index contributed by atoms with van der Waals surface area (Å²) in [5, 5.41) is 22.3. The lowest BCUT2D eigenvalue weighted by molar-refractivity contribution is -0.137. The predicted octanol–water partition coefficient (Wildman–Crippen LogP) is 4.48. The monoisotopic (exact) mass is 447 g/mol. The van der Waals surface area contributed by atoms with Crippen molar-refractivity contribution in [3.05, 3.63) is 95.2 Å². The van der Waals surface area contributed by atoms with E-state index in [-0.39, 0.29) is 17.9 Å². The van der Waals surface area contributed by atoms with E-state index >= 15 is 0 Å². The molecule has 0 bridgehead atoms. The minimum absolute atomic E-state index is 0.168. The molecule has 34 heavy (non-hydrogen) atoms. The summed E-state index contributed by atoms with van der Waals surface area (Å²) >= 11 is 0. The fourth-order valence-electron chi connectivity index (χ4n) is 4.34. The van der Waals surface area contributed by atoms with Crippen molar-refractivity contribution >= 4 is 40.3 Å². The molecule has 164 valence electrons. The van der Waals surface area contributed by atoms with Gasteiger partial charge in [0.15, 0.2) is 5.78 Å². The van der Waals surface area contributed by atoms with Crippen LogP contribution in [0.3, 0.4) is 0 Å². The predicted molar refractivity (Wildman–Crippen MR) is 127 cm³/mol. The van der Waals surface area contributed by atoms with Gasteiger partial charge >= 0.3 is 5.97 Å². The highest BCUT2D eigenvalue weighted by Crippen LogP contribution is 2.40. The molecule has 7 nitrogen and oxygen atoms in total. The summed E-state index contributed by atoms with van der Waals surface area (Å²) < 4.78 is 1.55. The first kappa shape index (κ1) is 20.9. The lowest BCUT2D eigenvalue weighted by Gasteiger charge is -2.09. The van der Waals surface area contributed by atoms with E-state index in [2.05, 4.69) is 5.32 Å². The molecule has 0 atom stereocenters. The van der Waals surface area contributed by atoms with Gasteiger partial charge in [0.2, 0.25) is 0 Å². The van der Waals surface area contributed by atoms with Crippen molar-refractivity contribution in [2.75, 3.05) is 5.32 Å². The third-order valence-electron chi connectivity index (χ3n) is 5.79. The average Bonchev–Trinajstić information content (AvgIpc) is 3.33. The van der Waals surface area contributed by atoms with Crippen molar-refractivity contribution in [3.63, 3.8) is 0 Å². The maximum absolute atomic E-state index is 13.0.